The third-order valence-electron chi connectivity index (χ3n) is 4.10. The van der Waals surface area contributed by atoms with Gasteiger partial charge in [0.05, 0.1) is 6.54 Å². The first kappa shape index (κ1) is 22.7. The van der Waals surface area contributed by atoms with E-state index in [1.54, 1.807) is 0 Å². The molecule has 1 aliphatic heterocycles. The second kappa shape index (κ2) is 10.7. The number of carbonyl (C=O) groups excluding carboxylic acids is 1. The molecule has 1 fully saturated rings. The van der Waals surface area contributed by atoms with Gasteiger partial charge < -0.3 is 15.5 Å². The number of amides is 1. The van der Waals surface area contributed by atoms with Crippen molar-refractivity contribution in [3.05, 3.63) is 35.4 Å². The highest BCUT2D eigenvalue weighted by atomic mass is 127. The van der Waals surface area contributed by atoms with Gasteiger partial charge in [-0.1, -0.05) is 12.1 Å². The van der Waals surface area contributed by atoms with Crippen molar-refractivity contribution in [1.82, 2.24) is 15.5 Å². The average Bonchev–Trinajstić information content (AvgIpc) is 2.59. The first-order valence-corrected chi connectivity index (χ1v) is 9.34. The molecule has 2 rings (SSSR count). The van der Waals surface area contributed by atoms with Gasteiger partial charge in [-0.05, 0) is 64.7 Å². The number of likely N-dealkylation sites (tertiary alicyclic amines) is 1. The largest absolute Gasteiger partial charge is 0.357 e. The van der Waals surface area contributed by atoms with E-state index in [0.717, 1.165) is 49.6 Å². The van der Waals surface area contributed by atoms with E-state index in [1.165, 1.54) is 6.42 Å². The summed E-state index contributed by atoms with van der Waals surface area (Å²) in [5, 5.41) is 6.64. The fourth-order valence-electron chi connectivity index (χ4n) is 2.86. The first-order valence-electron chi connectivity index (χ1n) is 9.34. The summed E-state index contributed by atoms with van der Waals surface area (Å²) in [7, 11) is 0. The van der Waals surface area contributed by atoms with Crippen LogP contribution in [0.1, 0.15) is 62.9 Å². The molecule has 6 heteroatoms. The molecular weight excluding hydrogens is 439 g/mol. The zero-order chi connectivity index (χ0) is 18.3. The number of benzene rings is 1. The molecule has 0 aliphatic carbocycles. The quantitative estimate of drug-likeness (QED) is 0.399. The van der Waals surface area contributed by atoms with Crippen LogP contribution in [0.3, 0.4) is 0 Å². The minimum absolute atomic E-state index is 0. The molecule has 1 saturated heterocycles. The third-order valence-corrected chi connectivity index (χ3v) is 4.10. The van der Waals surface area contributed by atoms with E-state index >= 15 is 0 Å². The van der Waals surface area contributed by atoms with E-state index in [2.05, 4.69) is 43.3 Å². The number of piperidine rings is 1. The summed E-state index contributed by atoms with van der Waals surface area (Å²) in [5.41, 5.74) is 1.83. The van der Waals surface area contributed by atoms with Crippen molar-refractivity contribution in [3.8, 4) is 0 Å². The molecule has 5 nitrogen and oxygen atoms in total. The zero-order valence-corrected chi connectivity index (χ0v) is 18.8. The lowest BCUT2D eigenvalue weighted by atomic mass is 10.1. The van der Waals surface area contributed by atoms with Crippen molar-refractivity contribution in [2.75, 3.05) is 19.6 Å². The van der Waals surface area contributed by atoms with Crippen LogP contribution in [0.25, 0.3) is 0 Å². The highest BCUT2D eigenvalue weighted by Crippen LogP contribution is 2.14. The summed E-state index contributed by atoms with van der Waals surface area (Å²) in [6.45, 7) is 11.6. The SMILES string of the molecule is CCNC(=NCc1ccc(C(=O)N2CCCCC2)cc1)NC(C)(C)C.I. The van der Waals surface area contributed by atoms with Gasteiger partial charge in [0.1, 0.15) is 0 Å². The van der Waals surface area contributed by atoms with Gasteiger partial charge in [-0.15, -0.1) is 24.0 Å². The van der Waals surface area contributed by atoms with Crippen molar-refractivity contribution in [2.45, 2.75) is 59.0 Å². The van der Waals surface area contributed by atoms with Crippen LogP contribution in [0, 0.1) is 0 Å². The smallest absolute Gasteiger partial charge is 0.253 e. The third kappa shape index (κ3) is 7.51. The molecule has 1 aromatic carbocycles. The Morgan fingerprint density at radius 2 is 1.73 bits per heavy atom. The molecule has 1 aliphatic rings. The number of aliphatic imine (C=N–C) groups is 1. The summed E-state index contributed by atoms with van der Waals surface area (Å²) >= 11 is 0. The van der Waals surface area contributed by atoms with Crippen LogP contribution in [-0.4, -0.2) is 41.9 Å². The zero-order valence-electron chi connectivity index (χ0n) is 16.5. The van der Waals surface area contributed by atoms with Crippen molar-refractivity contribution in [2.24, 2.45) is 4.99 Å². The van der Waals surface area contributed by atoms with Crippen molar-refractivity contribution in [1.29, 1.82) is 0 Å². The fourth-order valence-corrected chi connectivity index (χ4v) is 2.86. The lowest BCUT2D eigenvalue weighted by molar-refractivity contribution is 0.0724. The molecule has 1 aromatic rings. The molecule has 0 radical (unpaired) electrons. The summed E-state index contributed by atoms with van der Waals surface area (Å²) < 4.78 is 0. The molecule has 0 bridgehead atoms. The van der Waals surface area contributed by atoms with E-state index in [0.29, 0.717) is 6.54 Å². The Morgan fingerprint density at radius 3 is 2.27 bits per heavy atom. The lowest BCUT2D eigenvalue weighted by Gasteiger charge is -2.26. The number of guanidine groups is 1. The Morgan fingerprint density at radius 1 is 1.12 bits per heavy atom. The average molecular weight is 472 g/mol. The van der Waals surface area contributed by atoms with Gasteiger partial charge in [0.15, 0.2) is 5.96 Å². The van der Waals surface area contributed by atoms with Gasteiger partial charge in [-0.3, -0.25) is 4.79 Å². The van der Waals surface area contributed by atoms with Gasteiger partial charge in [0, 0.05) is 30.7 Å². The Kier molecular flexibility index (Phi) is 9.39. The summed E-state index contributed by atoms with van der Waals surface area (Å²) in [6.07, 6.45) is 3.47. The molecular formula is C20H33IN4O. The monoisotopic (exact) mass is 472 g/mol. The van der Waals surface area contributed by atoms with Gasteiger partial charge in [0.25, 0.3) is 5.91 Å². The van der Waals surface area contributed by atoms with E-state index in [-0.39, 0.29) is 35.4 Å². The molecule has 0 atom stereocenters. The molecule has 2 N–H and O–H groups in total. The van der Waals surface area contributed by atoms with Crippen LogP contribution in [-0.2, 0) is 6.54 Å². The summed E-state index contributed by atoms with van der Waals surface area (Å²) in [6, 6.07) is 7.85. The molecule has 1 amide bonds. The van der Waals surface area contributed by atoms with Crippen molar-refractivity contribution < 1.29 is 4.79 Å². The van der Waals surface area contributed by atoms with Crippen LogP contribution in [0.5, 0.6) is 0 Å². The first-order chi connectivity index (χ1) is 11.9. The molecule has 1 heterocycles. The number of nitrogens with zero attached hydrogens (tertiary/aromatic N) is 2. The number of carbonyl (C=O) groups is 1. The molecule has 26 heavy (non-hydrogen) atoms. The Balaban J connectivity index is 0.00000338. The summed E-state index contributed by atoms with van der Waals surface area (Å²) in [4.78, 5) is 19.1. The van der Waals surface area contributed by atoms with Crippen LogP contribution in [0.2, 0.25) is 0 Å². The number of nitrogens with one attached hydrogen (secondary N) is 2. The summed E-state index contributed by atoms with van der Waals surface area (Å²) in [5.74, 6) is 0.959. The number of hydrogen-bond acceptors (Lipinski definition) is 2. The second-order valence-electron chi connectivity index (χ2n) is 7.62. The minimum atomic E-state index is -0.0360. The second-order valence-corrected chi connectivity index (χ2v) is 7.62. The van der Waals surface area contributed by atoms with Gasteiger partial charge in [-0.25, -0.2) is 4.99 Å². The van der Waals surface area contributed by atoms with Crippen molar-refractivity contribution >= 4 is 35.8 Å². The van der Waals surface area contributed by atoms with Crippen LogP contribution >= 0.6 is 24.0 Å². The van der Waals surface area contributed by atoms with E-state index in [4.69, 9.17) is 0 Å². The Hall–Kier alpha value is -1.31. The van der Waals surface area contributed by atoms with E-state index in [1.807, 2.05) is 29.2 Å². The van der Waals surface area contributed by atoms with Gasteiger partial charge >= 0.3 is 0 Å². The maximum Gasteiger partial charge on any atom is 0.253 e. The fraction of sp³-hybridized carbons (Fsp3) is 0.600. The standard InChI is InChI=1S/C20H32N4O.HI/c1-5-21-19(23-20(2,3)4)22-15-16-9-11-17(12-10-16)18(25)24-13-7-6-8-14-24;/h9-12H,5-8,13-15H2,1-4H3,(H2,21,22,23);1H. The predicted octanol–water partition coefficient (Wildman–Crippen LogP) is 3.78. The number of hydrogen-bond donors (Lipinski definition) is 2. The van der Waals surface area contributed by atoms with Gasteiger partial charge in [-0.2, -0.15) is 0 Å². The molecule has 0 spiro atoms. The lowest BCUT2D eigenvalue weighted by Crippen LogP contribution is -2.47. The van der Waals surface area contributed by atoms with Gasteiger partial charge in [0.2, 0.25) is 0 Å². The van der Waals surface area contributed by atoms with Crippen molar-refractivity contribution in [3.63, 3.8) is 0 Å². The topological polar surface area (TPSA) is 56.7 Å². The minimum Gasteiger partial charge on any atom is -0.357 e. The van der Waals surface area contributed by atoms with E-state index in [9.17, 15) is 4.79 Å². The maximum absolute atomic E-state index is 12.5. The molecule has 0 aromatic heterocycles. The normalized spacial score (nSPS) is 15.2. The maximum atomic E-state index is 12.5. The Labute approximate surface area is 175 Å². The number of halogens is 1. The predicted molar refractivity (Wildman–Crippen MR) is 119 cm³/mol. The van der Waals surface area contributed by atoms with E-state index < -0.39 is 0 Å². The molecule has 0 saturated carbocycles. The number of rotatable bonds is 4. The highest BCUT2D eigenvalue weighted by molar-refractivity contribution is 14.0. The molecule has 146 valence electrons. The van der Waals surface area contributed by atoms with Crippen LogP contribution in [0.15, 0.2) is 29.3 Å². The van der Waals surface area contributed by atoms with Crippen LogP contribution in [0.4, 0.5) is 0 Å². The Bertz CT molecular complexity index is 587. The molecule has 0 unspecified atom stereocenters. The van der Waals surface area contributed by atoms with Crippen LogP contribution < -0.4 is 10.6 Å². The highest BCUT2D eigenvalue weighted by Gasteiger charge is 2.17.